The van der Waals surface area contributed by atoms with E-state index < -0.39 is 10.0 Å². The lowest BCUT2D eigenvalue weighted by Gasteiger charge is -2.51. The third kappa shape index (κ3) is 3.31. The van der Waals surface area contributed by atoms with Gasteiger partial charge in [-0.05, 0) is 26.5 Å². The molecule has 3 N–H and O–H groups in total. The molecule has 0 spiro atoms. The van der Waals surface area contributed by atoms with Crippen LogP contribution < -0.4 is 10.0 Å². The molecular formula is C14H25N3O3S. The summed E-state index contributed by atoms with van der Waals surface area (Å²) in [6.07, 6.45) is 2.36. The Hall–Kier alpha value is -0.890. The Balaban J connectivity index is 2.05. The highest BCUT2D eigenvalue weighted by Crippen LogP contribution is 2.43. The highest BCUT2D eigenvalue weighted by Gasteiger charge is 2.50. The predicted octanol–water partition coefficient (Wildman–Crippen LogP) is 1.22. The molecule has 2 unspecified atom stereocenters. The molecule has 120 valence electrons. The first-order valence-corrected chi connectivity index (χ1v) is 8.75. The van der Waals surface area contributed by atoms with Crippen molar-refractivity contribution in [3.05, 3.63) is 18.0 Å². The molecule has 0 amide bonds. The molecule has 0 radical (unpaired) electrons. The SMILES string of the molecule is CCOC1CC(NS(=O)(=O)c2c[nH]c(CNC)c2)C1(C)C. The van der Waals surface area contributed by atoms with E-state index in [0.29, 0.717) is 19.6 Å². The van der Waals surface area contributed by atoms with Gasteiger partial charge in [0, 0.05) is 36.5 Å². The fourth-order valence-corrected chi connectivity index (χ4v) is 4.11. The summed E-state index contributed by atoms with van der Waals surface area (Å²) in [5.74, 6) is 0. The molecule has 1 fully saturated rings. The topological polar surface area (TPSA) is 83.2 Å². The number of ether oxygens (including phenoxy) is 1. The number of rotatable bonds is 7. The average molecular weight is 315 g/mol. The maximum atomic E-state index is 12.4. The maximum absolute atomic E-state index is 12.4. The standard InChI is InChI=1S/C14H25N3O3S/c1-5-20-13-7-12(14(13,2)3)17-21(18,19)11-6-10(8-15-4)16-9-11/h6,9,12-13,15-17H,5,7-8H2,1-4H3. The Labute approximate surface area is 126 Å². The Morgan fingerprint density at radius 2 is 2.19 bits per heavy atom. The molecule has 0 saturated heterocycles. The molecule has 7 heteroatoms. The molecule has 0 aliphatic heterocycles. The first-order valence-electron chi connectivity index (χ1n) is 7.27. The lowest BCUT2D eigenvalue weighted by molar-refractivity contribution is -0.108. The number of H-pyrrole nitrogens is 1. The largest absolute Gasteiger partial charge is 0.378 e. The van der Waals surface area contributed by atoms with Crippen molar-refractivity contribution < 1.29 is 13.2 Å². The van der Waals surface area contributed by atoms with E-state index in [1.165, 1.54) is 6.20 Å². The minimum Gasteiger partial charge on any atom is -0.378 e. The van der Waals surface area contributed by atoms with E-state index in [2.05, 4.69) is 15.0 Å². The van der Waals surface area contributed by atoms with Crippen LogP contribution in [0.4, 0.5) is 0 Å². The molecule has 21 heavy (non-hydrogen) atoms. The number of hydrogen-bond donors (Lipinski definition) is 3. The molecule has 1 aliphatic rings. The molecule has 2 rings (SSSR count). The van der Waals surface area contributed by atoms with Gasteiger partial charge in [-0.3, -0.25) is 0 Å². The van der Waals surface area contributed by atoms with Gasteiger partial charge >= 0.3 is 0 Å². The van der Waals surface area contributed by atoms with Crippen LogP contribution in [0.2, 0.25) is 0 Å². The molecule has 1 aliphatic carbocycles. The third-order valence-corrected chi connectivity index (χ3v) is 5.69. The highest BCUT2D eigenvalue weighted by atomic mass is 32.2. The summed E-state index contributed by atoms with van der Waals surface area (Å²) in [4.78, 5) is 3.25. The number of nitrogens with one attached hydrogen (secondary N) is 3. The van der Waals surface area contributed by atoms with Crippen LogP contribution in [0, 0.1) is 5.41 Å². The van der Waals surface area contributed by atoms with Crippen molar-refractivity contribution in [2.24, 2.45) is 5.41 Å². The summed E-state index contributed by atoms with van der Waals surface area (Å²) < 4.78 is 33.3. The molecule has 2 atom stereocenters. The van der Waals surface area contributed by atoms with Crippen molar-refractivity contribution in [3.8, 4) is 0 Å². The zero-order valence-corrected chi connectivity index (χ0v) is 13.9. The number of aromatic nitrogens is 1. The third-order valence-electron chi connectivity index (χ3n) is 4.24. The lowest BCUT2D eigenvalue weighted by atomic mass is 9.65. The first-order chi connectivity index (χ1) is 9.81. The molecule has 0 bridgehead atoms. The summed E-state index contributed by atoms with van der Waals surface area (Å²) in [7, 11) is -1.67. The van der Waals surface area contributed by atoms with E-state index in [4.69, 9.17) is 4.74 Å². The Kier molecular flexibility index (Phi) is 4.77. The van der Waals surface area contributed by atoms with E-state index in [0.717, 1.165) is 5.69 Å². The minimum atomic E-state index is -3.49. The number of aromatic amines is 1. The molecule has 1 aromatic rings. The Morgan fingerprint density at radius 3 is 2.76 bits per heavy atom. The first kappa shape index (κ1) is 16.5. The summed E-state index contributed by atoms with van der Waals surface area (Å²) in [5.41, 5.74) is 0.658. The maximum Gasteiger partial charge on any atom is 0.242 e. The van der Waals surface area contributed by atoms with Gasteiger partial charge in [0.1, 0.15) is 0 Å². The monoisotopic (exact) mass is 315 g/mol. The Morgan fingerprint density at radius 1 is 1.48 bits per heavy atom. The number of sulfonamides is 1. The van der Waals surface area contributed by atoms with Crippen molar-refractivity contribution in [2.75, 3.05) is 13.7 Å². The van der Waals surface area contributed by atoms with Crippen LogP contribution in [-0.4, -0.2) is 39.2 Å². The van der Waals surface area contributed by atoms with Gasteiger partial charge in [0.25, 0.3) is 0 Å². The fraction of sp³-hybridized carbons (Fsp3) is 0.714. The second kappa shape index (κ2) is 6.08. The van der Waals surface area contributed by atoms with E-state index >= 15 is 0 Å². The number of hydrogen-bond acceptors (Lipinski definition) is 4. The zero-order chi connectivity index (χ0) is 15.7. The molecular weight excluding hydrogens is 290 g/mol. The quantitative estimate of drug-likeness (QED) is 0.706. The van der Waals surface area contributed by atoms with Gasteiger partial charge in [-0.15, -0.1) is 0 Å². The van der Waals surface area contributed by atoms with E-state index in [1.807, 2.05) is 27.8 Å². The van der Waals surface area contributed by atoms with Crippen LogP contribution in [0.3, 0.4) is 0 Å². The molecule has 6 nitrogen and oxygen atoms in total. The summed E-state index contributed by atoms with van der Waals surface area (Å²) >= 11 is 0. The Bertz CT molecular complexity index is 580. The second-order valence-electron chi connectivity index (χ2n) is 6.07. The van der Waals surface area contributed by atoms with Gasteiger partial charge in [0.05, 0.1) is 11.0 Å². The van der Waals surface area contributed by atoms with Crippen molar-refractivity contribution in [1.29, 1.82) is 0 Å². The normalized spacial score (nSPS) is 24.8. The summed E-state index contributed by atoms with van der Waals surface area (Å²) in [5, 5.41) is 2.98. The van der Waals surface area contributed by atoms with Gasteiger partial charge in [0.2, 0.25) is 10.0 Å². The van der Waals surface area contributed by atoms with Crippen LogP contribution in [0.1, 0.15) is 32.9 Å². The van der Waals surface area contributed by atoms with Gasteiger partial charge < -0.3 is 15.0 Å². The van der Waals surface area contributed by atoms with Crippen LogP contribution in [0.25, 0.3) is 0 Å². The smallest absolute Gasteiger partial charge is 0.242 e. The van der Waals surface area contributed by atoms with Gasteiger partial charge in [-0.1, -0.05) is 13.8 Å². The predicted molar refractivity (Wildman–Crippen MR) is 81.5 cm³/mol. The molecule has 1 heterocycles. The van der Waals surface area contributed by atoms with Crippen LogP contribution in [0.5, 0.6) is 0 Å². The van der Waals surface area contributed by atoms with Gasteiger partial charge in [-0.2, -0.15) is 0 Å². The van der Waals surface area contributed by atoms with Crippen molar-refractivity contribution in [2.45, 2.75) is 50.8 Å². The minimum absolute atomic E-state index is 0.0956. The van der Waals surface area contributed by atoms with E-state index in [9.17, 15) is 8.42 Å². The summed E-state index contributed by atoms with van der Waals surface area (Å²) in [6, 6.07) is 1.56. The molecule has 1 saturated carbocycles. The molecule has 0 aromatic carbocycles. The van der Waals surface area contributed by atoms with Crippen LogP contribution in [-0.2, 0) is 21.3 Å². The van der Waals surface area contributed by atoms with Crippen molar-refractivity contribution >= 4 is 10.0 Å². The highest BCUT2D eigenvalue weighted by molar-refractivity contribution is 7.89. The van der Waals surface area contributed by atoms with Crippen molar-refractivity contribution in [1.82, 2.24) is 15.0 Å². The lowest BCUT2D eigenvalue weighted by Crippen LogP contribution is -2.61. The average Bonchev–Trinajstić information content (AvgIpc) is 2.87. The van der Waals surface area contributed by atoms with Crippen LogP contribution >= 0.6 is 0 Å². The van der Waals surface area contributed by atoms with Gasteiger partial charge in [0.15, 0.2) is 0 Å². The zero-order valence-electron chi connectivity index (χ0n) is 13.1. The van der Waals surface area contributed by atoms with Crippen molar-refractivity contribution in [3.63, 3.8) is 0 Å². The summed E-state index contributed by atoms with van der Waals surface area (Å²) in [6.45, 7) is 7.29. The second-order valence-corrected chi connectivity index (χ2v) is 7.78. The fourth-order valence-electron chi connectivity index (χ4n) is 2.69. The van der Waals surface area contributed by atoms with E-state index in [-0.39, 0.29) is 22.5 Å². The molecule has 1 aromatic heterocycles. The van der Waals surface area contributed by atoms with Gasteiger partial charge in [-0.25, -0.2) is 13.1 Å². The van der Waals surface area contributed by atoms with E-state index in [1.54, 1.807) is 6.07 Å². The van der Waals surface area contributed by atoms with Crippen LogP contribution in [0.15, 0.2) is 17.2 Å².